The van der Waals surface area contributed by atoms with Crippen molar-refractivity contribution < 1.29 is 24.3 Å². The predicted octanol–water partition coefficient (Wildman–Crippen LogP) is 0.825. The van der Waals surface area contributed by atoms with Crippen LogP contribution >= 0.6 is 0 Å². The molecule has 5 heteroatoms. The van der Waals surface area contributed by atoms with Crippen LogP contribution in [0.15, 0.2) is 18.2 Å². The van der Waals surface area contributed by atoms with Crippen molar-refractivity contribution in [3.8, 4) is 17.2 Å². The lowest BCUT2D eigenvalue weighted by Crippen LogP contribution is -2.87. The van der Waals surface area contributed by atoms with Gasteiger partial charge in [-0.3, -0.25) is 0 Å². The van der Waals surface area contributed by atoms with Gasteiger partial charge < -0.3 is 24.3 Å². The van der Waals surface area contributed by atoms with Gasteiger partial charge in [-0.25, -0.2) is 0 Å². The van der Waals surface area contributed by atoms with E-state index in [0.717, 1.165) is 19.7 Å². The van der Waals surface area contributed by atoms with Crippen LogP contribution < -0.4 is 19.5 Å². The number of rotatable bonds is 8. The van der Waals surface area contributed by atoms with Crippen molar-refractivity contribution in [1.29, 1.82) is 0 Å². The second-order valence-electron chi connectivity index (χ2n) is 4.79. The minimum atomic E-state index is 0.413. The average molecular weight is 282 g/mol. The lowest BCUT2D eigenvalue weighted by molar-refractivity contribution is -0.661. The molecule has 20 heavy (non-hydrogen) atoms. The molecule has 1 saturated heterocycles. The van der Waals surface area contributed by atoms with Crippen molar-refractivity contribution in [1.82, 2.24) is 0 Å². The summed E-state index contributed by atoms with van der Waals surface area (Å²) in [4.78, 5) is 0. The highest BCUT2D eigenvalue weighted by Gasteiger charge is 2.17. The number of methoxy groups -OCH3 is 2. The second kappa shape index (κ2) is 7.97. The van der Waals surface area contributed by atoms with Gasteiger partial charge in [0, 0.05) is 6.61 Å². The van der Waals surface area contributed by atoms with Gasteiger partial charge in [0.05, 0.1) is 14.2 Å². The SMILES string of the molecule is COc1cccc(OC)c1OCC[NH2+]C[C@@H]1CCCO1. The fourth-order valence-electron chi connectivity index (χ4n) is 2.34. The Hall–Kier alpha value is -1.46. The molecular weight excluding hydrogens is 258 g/mol. The molecular formula is C15H24NO4+. The smallest absolute Gasteiger partial charge is 0.203 e. The summed E-state index contributed by atoms with van der Waals surface area (Å²) in [5.74, 6) is 2.06. The number of nitrogens with two attached hydrogens (primary N) is 1. The maximum Gasteiger partial charge on any atom is 0.203 e. The van der Waals surface area contributed by atoms with E-state index in [0.29, 0.717) is 30.0 Å². The van der Waals surface area contributed by atoms with E-state index in [-0.39, 0.29) is 0 Å². The van der Waals surface area contributed by atoms with E-state index in [1.165, 1.54) is 12.8 Å². The minimum Gasteiger partial charge on any atom is -0.493 e. The molecule has 0 aromatic heterocycles. The Balaban J connectivity index is 1.75. The fourth-order valence-corrected chi connectivity index (χ4v) is 2.34. The van der Waals surface area contributed by atoms with Gasteiger partial charge in [-0.15, -0.1) is 0 Å². The maximum absolute atomic E-state index is 5.79. The summed E-state index contributed by atoms with van der Waals surface area (Å²) in [6, 6.07) is 5.62. The van der Waals surface area contributed by atoms with E-state index >= 15 is 0 Å². The number of ether oxygens (including phenoxy) is 4. The van der Waals surface area contributed by atoms with E-state index < -0.39 is 0 Å². The van der Waals surface area contributed by atoms with Gasteiger partial charge in [0.1, 0.15) is 25.8 Å². The van der Waals surface area contributed by atoms with Crippen LogP contribution in [0, 0.1) is 0 Å². The largest absolute Gasteiger partial charge is 0.493 e. The molecule has 1 heterocycles. The summed E-state index contributed by atoms with van der Waals surface area (Å²) in [5.41, 5.74) is 0. The van der Waals surface area contributed by atoms with E-state index in [2.05, 4.69) is 5.32 Å². The van der Waals surface area contributed by atoms with Crippen molar-refractivity contribution in [2.45, 2.75) is 18.9 Å². The molecule has 0 radical (unpaired) electrons. The van der Waals surface area contributed by atoms with Crippen LogP contribution in [0.25, 0.3) is 0 Å². The first-order chi connectivity index (χ1) is 9.85. The van der Waals surface area contributed by atoms with Gasteiger partial charge in [-0.2, -0.15) is 0 Å². The molecule has 2 rings (SSSR count). The zero-order chi connectivity index (χ0) is 14.2. The number of para-hydroxylation sites is 1. The van der Waals surface area contributed by atoms with Crippen LogP contribution in [0.4, 0.5) is 0 Å². The van der Waals surface area contributed by atoms with Crippen LogP contribution in [-0.2, 0) is 4.74 Å². The molecule has 0 saturated carbocycles. The first-order valence-electron chi connectivity index (χ1n) is 7.12. The van der Waals surface area contributed by atoms with E-state index in [4.69, 9.17) is 18.9 Å². The Kier molecular flexibility index (Phi) is 5.95. The number of hydrogen-bond acceptors (Lipinski definition) is 4. The van der Waals surface area contributed by atoms with Crippen molar-refractivity contribution in [3.63, 3.8) is 0 Å². The fraction of sp³-hybridized carbons (Fsp3) is 0.600. The molecule has 1 aliphatic rings. The Bertz CT molecular complexity index is 383. The van der Waals surface area contributed by atoms with Gasteiger partial charge in [-0.05, 0) is 25.0 Å². The summed E-state index contributed by atoms with van der Waals surface area (Å²) in [6.07, 6.45) is 2.78. The summed E-state index contributed by atoms with van der Waals surface area (Å²) in [5, 5.41) is 2.23. The summed E-state index contributed by atoms with van der Waals surface area (Å²) in [7, 11) is 3.26. The molecule has 1 fully saturated rings. The van der Waals surface area contributed by atoms with Gasteiger partial charge in [0.2, 0.25) is 5.75 Å². The van der Waals surface area contributed by atoms with E-state index in [9.17, 15) is 0 Å². The average Bonchev–Trinajstić information content (AvgIpc) is 3.00. The summed E-state index contributed by atoms with van der Waals surface area (Å²) in [6.45, 7) is 3.42. The standard InChI is InChI=1S/C15H23NO4/c1-17-13-6-3-7-14(18-2)15(13)20-10-8-16-11-12-5-4-9-19-12/h3,6-7,12,16H,4-5,8-11H2,1-2H3/p+1/t12-/m0/s1. The van der Waals surface area contributed by atoms with Crippen molar-refractivity contribution in [2.24, 2.45) is 0 Å². The minimum absolute atomic E-state index is 0.413. The van der Waals surface area contributed by atoms with Crippen molar-refractivity contribution in [2.75, 3.05) is 40.5 Å². The zero-order valence-electron chi connectivity index (χ0n) is 12.3. The lowest BCUT2D eigenvalue weighted by Gasteiger charge is -2.14. The van der Waals surface area contributed by atoms with Gasteiger partial charge in [0.15, 0.2) is 11.5 Å². The summed E-state index contributed by atoms with van der Waals surface area (Å²) >= 11 is 0. The highest BCUT2D eigenvalue weighted by molar-refractivity contribution is 5.51. The third-order valence-corrected chi connectivity index (χ3v) is 3.40. The topological polar surface area (TPSA) is 53.5 Å². The van der Waals surface area contributed by atoms with Crippen LogP contribution in [0.1, 0.15) is 12.8 Å². The van der Waals surface area contributed by atoms with Crippen LogP contribution in [-0.4, -0.2) is 46.6 Å². The molecule has 1 aliphatic heterocycles. The van der Waals surface area contributed by atoms with Gasteiger partial charge in [0.25, 0.3) is 0 Å². The first kappa shape index (κ1) is 14.9. The number of hydrogen-bond donors (Lipinski definition) is 1. The van der Waals surface area contributed by atoms with E-state index in [1.807, 2.05) is 18.2 Å². The molecule has 1 aromatic rings. The number of benzene rings is 1. The van der Waals surface area contributed by atoms with Crippen LogP contribution in [0.2, 0.25) is 0 Å². The normalized spacial score (nSPS) is 18.0. The molecule has 0 amide bonds. The van der Waals surface area contributed by atoms with Crippen LogP contribution in [0.3, 0.4) is 0 Å². The van der Waals surface area contributed by atoms with Crippen LogP contribution in [0.5, 0.6) is 17.2 Å². The third kappa shape index (κ3) is 4.02. The highest BCUT2D eigenvalue weighted by Crippen LogP contribution is 2.36. The molecule has 5 nitrogen and oxygen atoms in total. The Labute approximate surface area is 120 Å². The monoisotopic (exact) mass is 282 g/mol. The second-order valence-corrected chi connectivity index (χ2v) is 4.79. The van der Waals surface area contributed by atoms with E-state index in [1.54, 1.807) is 14.2 Å². The molecule has 0 bridgehead atoms. The molecule has 1 atom stereocenters. The predicted molar refractivity (Wildman–Crippen MR) is 75.7 cm³/mol. The molecule has 0 aliphatic carbocycles. The zero-order valence-corrected chi connectivity index (χ0v) is 12.3. The quantitative estimate of drug-likeness (QED) is 0.717. The molecule has 0 unspecified atom stereocenters. The highest BCUT2D eigenvalue weighted by atomic mass is 16.5. The molecule has 1 aromatic carbocycles. The van der Waals surface area contributed by atoms with Gasteiger partial charge >= 0.3 is 0 Å². The third-order valence-electron chi connectivity index (χ3n) is 3.40. The van der Waals surface area contributed by atoms with Gasteiger partial charge in [-0.1, -0.05) is 6.07 Å². The molecule has 2 N–H and O–H groups in total. The van der Waals surface area contributed by atoms with Crippen molar-refractivity contribution >= 4 is 0 Å². The first-order valence-corrected chi connectivity index (χ1v) is 7.12. The molecule has 112 valence electrons. The summed E-state index contributed by atoms with van der Waals surface area (Å²) < 4.78 is 22.0. The number of quaternary nitrogens is 1. The molecule has 0 spiro atoms. The Morgan fingerprint density at radius 3 is 2.60 bits per heavy atom. The Morgan fingerprint density at radius 1 is 1.25 bits per heavy atom. The maximum atomic E-state index is 5.79. The van der Waals surface area contributed by atoms with Crippen molar-refractivity contribution in [3.05, 3.63) is 18.2 Å². The lowest BCUT2D eigenvalue weighted by atomic mass is 10.2. The Morgan fingerprint density at radius 2 is 2.00 bits per heavy atom.